The second-order valence-electron chi connectivity index (χ2n) is 3.99. The highest BCUT2D eigenvalue weighted by Gasteiger charge is 2.52. The van der Waals surface area contributed by atoms with Crippen LogP contribution in [-0.4, -0.2) is 67.2 Å². The summed E-state index contributed by atoms with van der Waals surface area (Å²) in [4.78, 5) is 10.4. The number of rotatable bonds is 4. The van der Waals surface area contributed by atoms with Gasteiger partial charge in [0.05, 0.1) is 13.0 Å². The minimum Gasteiger partial charge on any atom is -0.394 e. The number of hydrogen-bond acceptors (Lipinski definition) is 7. The Kier molecular flexibility index (Phi) is 4.08. The average molecular weight is 248 g/mol. The van der Waals surface area contributed by atoms with Crippen molar-refractivity contribution in [3.05, 3.63) is 0 Å². The molecule has 17 heavy (non-hydrogen) atoms. The maximum atomic E-state index is 10.4. The lowest BCUT2D eigenvalue weighted by Crippen LogP contribution is -2.52. The SMILES string of the molecule is COC1OC2C(CO)OC(CC=O)OC2C1O. The van der Waals surface area contributed by atoms with E-state index in [2.05, 4.69) is 0 Å². The van der Waals surface area contributed by atoms with E-state index in [-0.39, 0.29) is 13.0 Å². The van der Waals surface area contributed by atoms with E-state index in [4.69, 9.17) is 18.9 Å². The standard InChI is InChI=1S/C10H16O7/c1-14-10-7(13)9-8(17-10)5(4-12)15-6(16-9)2-3-11/h3,5-10,12-13H,2,4H2,1H3. The molecule has 2 aliphatic heterocycles. The summed E-state index contributed by atoms with van der Waals surface area (Å²) >= 11 is 0. The fraction of sp³-hybridized carbons (Fsp3) is 0.900. The van der Waals surface area contributed by atoms with E-state index in [0.717, 1.165) is 0 Å². The van der Waals surface area contributed by atoms with Crippen LogP contribution in [0.1, 0.15) is 6.42 Å². The fourth-order valence-corrected chi connectivity index (χ4v) is 2.13. The van der Waals surface area contributed by atoms with Crippen LogP contribution in [0.25, 0.3) is 0 Å². The van der Waals surface area contributed by atoms with Gasteiger partial charge in [0, 0.05) is 7.11 Å². The quantitative estimate of drug-likeness (QED) is 0.579. The Morgan fingerprint density at radius 2 is 2.06 bits per heavy atom. The molecule has 2 heterocycles. The molecule has 0 amide bonds. The lowest BCUT2D eigenvalue weighted by molar-refractivity contribution is -0.285. The highest BCUT2D eigenvalue weighted by molar-refractivity contribution is 5.49. The van der Waals surface area contributed by atoms with Crippen LogP contribution in [0.15, 0.2) is 0 Å². The second-order valence-corrected chi connectivity index (χ2v) is 3.99. The molecule has 98 valence electrons. The van der Waals surface area contributed by atoms with Crippen molar-refractivity contribution in [1.82, 2.24) is 0 Å². The Bertz CT molecular complexity index is 271. The van der Waals surface area contributed by atoms with Crippen LogP contribution in [0.3, 0.4) is 0 Å². The molecule has 0 saturated carbocycles. The van der Waals surface area contributed by atoms with Gasteiger partial charge in [-0.1, -0.05) is 0 Å². The van der Waals surface area contributed by atoms with E-state index in [1.54, 1.807) is 0 Å². The largest absolute Gasteiger partial charge is 0.394 e. The summed E-state index contributed by atoms with van der Waals surface area (Å²) in [6, 6.07) is 0. The first kappa shape index (κ1) is 12.9. The number of methoxy groups -OCH3 is 1. The van der Waals surface area contributed by atoms with Crippen molar-refractivity contribution in [1.29, 1.82) is 0 Å². The predicted molar refractivity (Wildman–Crippen MR) is 53.0 cm³/mol. The van der Waals surface area contributed by atoms with Crippen LogP contribution in [0.4, 0.5) is 0 Å². The van der Waals surface area contributed by atoms with Gasteiger partial charge in [0.2, 0.25) is 0 Å². The molecule has 6 atom stereocenters. The Morgan fingerprint density at radius 1 is 1.29 bits per heavy atom. The summed E-state index contributed by atoms with van der Waals surface area (Å²) in [6.07, 6.45) is -3.71. The first-order valence-corrected chi connectivity index (χ1v) is 5.43. The highest BCUT2D eigenvalue weighted by atomic mass is 16.8. The van der Waals surface area contributed by atoms with Crippen LogP contribution < -0.4 is 0 Å². The third-order valence-corrected chi connectivity index (χ3v) is 2.93. The molecule has 2 fully saturated rings. The highest BCUT2D eigenvalue weighted by Crippen LogP contribution is 2.33. The summed E-state index contributed by atoms with van der Waals surface area (Å²) in [5.41, 5.74) is 0. The zero-order valence-electron chi connectivity index (χ0n) is 9.39. The number of fused-ring (bicyclic) bond motifs is 1. The maximum Gasteiger partial charge on any atom is 0.186 e. The summed E-state index contributed by atoms with van der Waals surface area (Å²) in [5, 5.41) is 19.1. The van der Waals surface area contributed by atoms with Crippen LogP contribution in [0, 0.1) is 0 Å². The molecular formula is C10H16O7. The van der Waals surface area contributed by atoms with Gasteiger partial charge in [-0.25, -0.2) is 0 Å². The summed E-state index contributed by atoms with van der Waals surface area (Å²) in [7, 11) is 1.41. The third-order valence-electron chi connectivity index (χ3n) is 2.93. The summed E-state index contributed by atoms with van der Waals surface area (Å²) < 4.78 is 21.1. The van der Waals surface area contributed by atoms with Crippen molar-refractivity contribution < 1.29 is 34.0 Å². The van der Waals surface area contributed by atoms with Crippen LogP contribution in [0.2, 0.25) is 0 Å². The molecule has 7 nitrogen and oxygen atoms in total. The third kappa shape index (κ3) is 2.35. The van der Waals surface area contributed by atoms with Crippen molar-refractivity contribution in [3.8, 4) is 0 Å². The number of hydrogen-bond donors (Lipinski definition) is 2. The number of ether oxygens (including phenoxy) is 4. The van der Waals surface area contributed by atoms with Gasteiger partial charge in [0.1, 0.15) is 30.7 Å². The van der Waals surface area contributed by atoms with Gasteiger partial charge in [-0.3, -0.25) is 0 Å². The maximum absolute atomic E-state index is 10.4. The second kappa shape index (κ2) is 5.38. The molecule has 0 aromatic carbocycles. The zero-order valence-corrected chi connectivity index (χ0v) is 9.39. The van der Waals surface area contributed by atoms with E-state index in [9.17, 15) is 15.0 Å². The van der Waals surface area contributed by atoms with Crippen molar-refractivity contribution >= 4 is 6.29 Å². The fourth-order valence-electron chi connectivity index (χ4n) is 2.13. The van der Waals surface area contributed by atoms with E-state index >= 15 is 0 Å². The van der Waals surface area contributed by atoms with Crippen LogP contribution >= 0.6 is 0 Å². The molecule has 7 heteroatoms. The molecule has 0 aromatic rings. The summed E-state index contributed by atoms with van der Waals surface area (Å²) in [6.45, 7) is -0.275. The Hall–Kier alpha value is -0.570. The minimum absolute atomic E-state index is 0.0457. The first-order chi connectivity index (χ1) is 8.21. The topological polar surface area (TPSA) is 94.5 Å². The van der Waals surface area contributed by atoms with Crippen molar-refractivity contribution in [2.45, 2.75) is 43.4 Å². The number of aliphatic hydroxyl groups excluding tert-OH is 2. The molecule has 6 unspecified atom stereocenters. The number of aldehydes is 1. The predicted octanol–water partition coefficient (Wildman–Crippen LogP) is -1.59. The van der Waals surface area contributed by atoms with Gasteiger partial charge in [-0.2, -0.15) is 0 Å². The van der Waals surface area contributed by atoms with Crippen molar-refractivity contribution in [3.63, 3.8) is 0 Å². The van der Waals surface area contributed by atoms with E-state index in [1.807, 2.05) is 0 Å². The van der Waals surface area contributed by atoms with Crippen LogP contribution in [-0.2, 0) is 23.7 Å². The molecular weight excluding hydrogens is 232 g/mol. The van der Waals surface area contributed by atoms with Crippen molar-refractivity contribution in [2.75, 3.05) is 13.7 Å². The lowest BCUT2D eigenvalue weighted by Gasteiger charge is -2.36. The molecule has 2 aliphatic rings. The van der Waals surface area contributed by atoms with E-state index in [0.29, 0.717) is 6.29 Å². The number of carbonyl (C=O) groups is 1. The molecule has 2 rings (SSSR count). The zero-order chi connectivity index (χ0) is 12.4. The van der Waals surface area contributed by atoms with Gasteiger partial charge in [-0.15, -0.1) is 0 Å². The molecule has 0 aliphatic carbocycles. The van der Waals surface area contributed by atoms with E-state index < -0.39 is 37.0 Å². The van der Waals surface area contributed by atoms with Crippen LogP contribution in [0.5, 0.6) is 0 Å². The number of aliphatic hydroxyl groups is 2. The minimum atomic E-state index is -0.961. The monoisotopic (exact) mass is 248 g/mol. The molecule has 0 radical (unpaired) electrons. The molecule has 0 bridgehead atoms. The smallest absolute Gasteiger partial charge is 0.186 e. The Morgan fingerprint density at radius 3 is 2.65 bits per heavy atom. The van der Waals surface area contributed by atoms with Gasteiger partial charge in [-0.05, 0) is 0 Å². The lowest BCUT2D eigenvalue weighted by atomic mass is 10.0. The van der Waals surface area contributed by atoms with Gasteiger partial charge in [0.25, 0.3) is 0 Å². The van der Waals surface area contributed by atoms with Gasteiger partial charge < -0.3 is 34.0 Å². The normalized spacial score (nSPS) is 45.6. The van der Waals surface area contributed by atoms with E-state index in [1.165, 1.54) is 7.11 Å². The molecule has 2 saturated heterocycles. The summed E-state index contributed by atoms with van der Waals surface area (Å²) in [5.74, 6) is 0. The number of carbonyl (C=O) groups excluding carboxylic acids is 1. The van der Waals surface area contributed by atoms with Gasteiger partial charge >= 0.3 is 0 Å². The Balaban J connectivity index is 2.09. The molecule has 0 spiro atoms. The Labute approximate surface area is 98.2 Å². The van der Waals surface area contributed by atoms with Gasteiger partial charge in [0.15, 0.2) is 12.6 Å². The average Bonchev–Trinajstić information content (AvgIpc) is 2.66. The van der Waals surface area contributed by atoms with Crippen molar-refractivity contribution in [2.24, 2.45) is 0 Å². The first-order valence-electron chi connectivity index (χ1n) is 5.43. The molecule has 0 aromatic heterocycles. The molecule has 2 N–H and O–H groups in total.